The predicted molar refractivity (Wildman–Crippen MR) is 157 cm³/mol. The van der Waals surface area contributed by atoms with Crippen LogP contribution in [0.5, 0.6) is 0 Å². The van der Waals surface area contributed by atoms with Crippen LogP contribution in [0.3, 0.4) is 0 Å². The minimum Gasteiger partial charge on any atom is -0.392 e. The molecule has 0 atom stereocenters. The highest BCUT2D eigenvalue weighted by atomic mass is 32.1. The van der Waals surface area contributed by atoms with E-state index in [2.05, 4.69) is 36.7 Å². The van der Waals surface area contributed by atoms with Gasteiger partial charge in [0.15, 0.2) is 0 Å². The maximum absolute atomic E-state index is 10.0. The fourth-order valence-corrected chi connectivity index (χ4v) is 8.53. The molecule has 0 unspecified atom stereocenters. The van der Waals surface area contributed by atoms with E-state index in [1.165, 1.54) is 108 Å². The summed E-state index contributed by atoms with van der Waals surface area (Å²) in [6.07, 6.45) is 17.9. The number of hydrogen-bond donors (Lipinski definition) is 2. The number of aliphatic hydroxyl groups excluding tert-OH is 2. The molecule has 3 heterocycles. The molecule has 0 aromatic carbocycles. The lowest BCUT2D eigenvalue weighted by molar-refractivity contribution is 0.282. The fourth-order valence-electron chi connectivity index (χ4n) is 4.88. The van der Waals surface area contributed by atoms with Crippen molar-refractivity contribution in [3.8, 4) is 19.5 Å². The number of unbranched alkanes of at least 4 members (excludes halogenated alkanes) is 10. The van der Waals surface area contributed by atoms with Crippen molar-refractivity contribution in [1.29, 1.82) is 0 Å². The van der Waals surface area contributed by atoms with Gasteiger partial charge in [0.2, 0.25) is 0 Å². The van der Waals surface area contributed by atoms with Gasteiger partial charge < -0.3 is 10.2 Å². The Hall–Kier alpha value is -0.980. The summed E-state index contributed by atoms with van der Waals surface area (Å²) in [5, 5.41) is 24.3. The lowest BCUT2D eigenvalue weighted by atomic mass is 9.95. The van der Waals surface area contributed by atoms with Gasteiger partial charge in [-0.2, -0.15) is 0 Å². The van der Waals surface area contributed by atoms with Crippen LogP contribution < -0.4 is 0 Å². The second kappa shape index (κ2) is 16.0. The SMILES string of the molecule is CCCCCCCCc1c(-c2sccc2CO)sc(-c2sccc2CO)c1CCCCCCCC. The van der Waals surface area contributed by atoms with Crippen LogP contribution in [0.2, 0.25) is 0 Å². The zero-order valence-corrected chi connectivity index (χ0v) is 24.2. The van der Waals surface area contributed by atoms with Crippen LogP contribution in [0.1, 0.15) is 113 Å². The zero-order valence-electron chi connectivity index (χ0n) is 21.7. The van der Waals surface area contributed by atoms with Crippen molar-refractivity contribution < 1.29 is 10.2 Å². The highest BCUT2D eigenvalue weighted by Crippen LogP contribution is 2.48. The topological polar surface area (TPSA) is 40.5 Å². The van der Waals surface area contributed by atoms with Crippen molar-refractivity contribution >= 4 is 34.0 Å². The molecule has 3 aromatic heterocycles. The molecule has 0 fully saturated rings. The molecule has 35 heavy (non-hydrogen) atoms. The Labute approximate surface area is 225 Å². The van der Waals surface area contributed by atoms with Crippen LogP contribution in [0.25, 0.3) is 19.5 Å². The quantitative estimate of drug-likeness (QED) is 0.160. The molecule has 0 saturated carbocycles. The molecule has 2 N–H and O–H groups in total. The summed E-state index contributed by atoms with van der Waals surface area (Å²) in [5.41, 5.74) is 5.13. The van der Waals surface area contributed by atoms with E-state index >= 15 is 0 Å². The molecule has 0 bridgehead atoms. The van der Waals surface area contributed by atoms with Crippen LogP contribution in [0.15, 0.2) is 22.9 Å². The van der Waals surface area contributed by atoms with Crippen molar-refractivity contribution in [2.24, 2.45) is 0 Å². The third-order valence-corrected chi connectivity index (χ3v) is 10.4. The zero-order chi connectivity index (χ0) is 24.9. The van der Waals surface area contributed by atoms with Crippen molar-refractivity contribution in [2.75, 3.05) is 0 Å². The van der Waals surface area contributed by atoms with Gasteiger partial charge in [0.1, 0.15) is 0 Å². The smallest absolute Gasteiger partial charge is 0.0696 e. The molecule has 0 radical (unpaired) electrons. The van der Waals surface area contributed by atoms with Crippen LogP contribution >= 0.6 is 34.0 Å². The Balaban J connectivity index is 1.93. The van der Waals surface area contributed by atoms with Crippen molar-refractivity contribution in [3.63, 3.8) is 0 Å². The van der Waals surface area contributed by atoms with Crippen LogP contribution in [0, 0.1) is 0 Å². The van der Waals surface area contributed by atoms with Crippen LogP contribution in [-0.4, -0.2) is 10.2 Å². The number of hydrogen-bond acceptors (Lipinski definition) is 5. The van der Waals surface area contributed by atoms with Gasteiger partial charge >= 0.3 is 0 Å². The Bertz CT molecular complexity index is 905. The third kappa shape index (κ3) is 8.00. The fraction of sp³-hybridized carbons (Fsp3) is 0.600. The van der Waals surface area contributed by atoms with Gasteiger partial charge in [0, 0.05) is 9.75 Å². The monoisotopic (exact) mass is 532 g/mol. The second-order valence-corrected chi connectivity index (χ2v) is 12.5. The molecule has 194 valence electrons. The average Bonchev–Trinajstić information content (AvgIpc) is 3.61. The van der Waals surface area contributed by atoms with Gasteiger partial charge in [-0.3, -0.25) is 0 Å². The Morgan fingerprint density at radius 3 is 1.34 bits per heavy atom. The Kier molecular flexibility index (Phi) is 13.1. The standard InChI is InChI=1S/C30H44O2S3/c1-3-5-7-9-11-13-15-25-26(16-14-12-10-8-6-4-2)30(28-24(22-32)18-20-34-28)35-29(25)27-23(21-31)17-19-33-27/h17-20,31-32H,3-16,21-22H2,1-2H3. The Morgan fingerprint density at radius 2 is 0.943 bits per heavy atom. The molecule has 5 heteroatoms. The van der Waals surface area contributed by atoms with Crippen LogP contribution in [0.4, 0.5) is 0 Å². The molecule has 0 aliphatic heterocycles. The Morgan fingerprint density at radius 1 is 0.543 bits per heavy atom. The minimum absolute atomic E-state index is 0.0934. The molecular formula is C30H44O2S3. The van der Waals surface area contributed by atoms with Gasteiger partial charge in [0.25, 0.3) is 0 Å². The van der Waals surface area contributed by atoms with Gasteiger partial charge in [-0.1, -0.05) is 78.1 Å². The highest BCUT2D eigenvalue weighted by Gasteiger charge is 2.24. The molecule has 2 nitrogen and oxygen atoms in total. The first-order chi connectivity index (χ1) is 17.2. The largest absolute Gasteiger partial charge is 0.392 e. The summed E-state index contributed by atoms with van der Waals surface area (Å²) in [5.74, 6) is 0. The first-order valence-electron chi connectivity index (χ1n) is 13.7. The predicted octanol–water partition coefficient (Wildman–Crippen LogP) is 10.00. The summed E-state index contributed by atoms with van der Waals surface area (Å²) in [6, 6.07) is 4.15. The lowest BCUT2D eigenvalue weighted by Crippen LogP contribution is -1.96. The van der Waals surface area contributed by atoms with Gasteiger partial charge in [0.05, 0.1) is 23.0 Å². The van der Waals surface area contributed by atoms with Gasteiger partial charge in [-0.25, -0.2) is 0 Å². The summed E-state index contributed by atoms with van der Waals surface area (Å²) in [7, 11) is 0. The van der Waals surface area contributed by atoms with E-state index in [-0.39, 0.29) is 13.2 Å². The van der Waals surface area contributed by atoms with Crippen molar-refractivity contribution in [3.05, 3.63) is 45.1 Å². The van der Waals surface area contributed by atoms with E-state index in [1.807, 2.05) is 11.3 Å². The maximum atomic E-state index is 10.0. The number of thiophene rings is 3. The van der Waals surface area contributed by atoms with E-state index < -0.39 is 0 Å². The van der Waals surface area contributed by atoms with Crippen molar-refractivity contribution in [1.82, 2.24) is 0 Å². The lowest BCUT2D eigenvalue weighted by Gasteiger charge is -2.11. The molecule has 3 rings (SSSR count). The molecule has 0 amide bonds. The first kappa shape index (κ1) is 28.6. The second-order valence-electron chi connectivity index (χ2n) is 9.62. The number of rotatable bonds is 18. The average molecular weight is 533 g/mol. The summed E-state index contributed by atoms with van der Waals surface area (Å²) >= 11 is 5.43. The van der Waals surface area contributed by atoms with Crippen LogP contribution in [-0.2, 0) is 26.1 Å². The normalized spacial score (nSPS) is 11.5. The molecule has 0 spiro atoms. The van der Waals surface area contributed by atoms with Gasteiger partial charge in [-0.05, 0) is 70.8 Å². The summed E-state index contributed by atoms with van der Waals surface area (Å²) in [6.45, 7) is 4.74. The molecule has 3 aromatic rings. The minimum atomic E-state index is 0.0934. The molecule has 0 aliphatic rings. The summed E-state index contributed by atoms with van der Waals surface area (Å²) in [4.78, 5) is 5.23. The van der Waals surface area contributed by atoms with Gasteiger partial charge in [-0.15, -0.1) is 34.0 Å². The van der Waals surface area contributed by atoms with E-state index in [9.17, 15) is 10.2 Å². The molecule has 0 saturated heterocycles. The van der Waals surface area contributed by atoms with Crippen molar-refractivity contribution in [2.45, 2.75) is 117 Å². The van der Waals surface area contributed by atoms with E-state index in [1.54, 1.807) is 22.7 Å². The molecule has 0 aliphatic carbocycles. The van der Waals surface area contributed by atoms with E-state index in [4.69, 9.17) is 0 Å². The summed E-state index contributed by atoms with van der Waals surface area (Å²) < 4.78 is 0. The highest BCUT2D eigenvalue weighted by molar-refractivity contribution is 7.26. The molecular weight excluding hydrogens is 489 g/mol. The van der Waals surface area contributed by atoms with E-state index in [0.29, 0.717) is 0 Å². The maximum Gasteiger partial charge on any atom is 0.0696 e. The van der Waals surface area contributed by atoms with E-state index in [0.717, 1.165) is 24.0 Å². The first-order valence-corrected chi connectivity index (χ1v) is 16.3. The third-order valence-electron chi connectivity index (χ3n) is 6.92. The number of aliphatic hydroxyl groups is 2.